The van der Waals surface area contributed by atoms with Gasteiger partial charge in [-0.2, -0.15) is 0 Å². The van der Waals surface area contributed by atoms with Crippen LogP contribution in [0.2, 0.25) is 0 Å². The van der Waals surface area contributed by atoms with Crippen LogP contribution in [0, 0.1) is 5.82 Å². The van der Waals surface area contributed by atoms with Gasteiger partial charge in [-0.3, -0.25) is 4.79 Å². The molecular formula is C15H15FN2O2. The molecule has 2 aromatic rings. The van der Waals surface area contributed by atoms with Gasteiger partial charge in [0.25, 0.3) is 0 Å². The van der Waals surface area contributed by atoms with Crippen LogP contribution in [0.4, 0.5) is 15.8 Å². The van der Waals surface area contributed by atoms with Crippen molar-refractivity contribution in [2.45, 2.75) is 6.42 Å². The van der Waals surface area contributed by atoms with Crippen molar-refractivity contribution in [1.29, 1.82) is 0 Å². The fourth-order valence-electron chi connectivity index (χ4n) is 1.76. The number of methoxy groups -OCH3 is 1. The van der Waals surface area contributed by atoms with E-state index in [2.05, 4.69) is 5.32 Å². The number of hydrogen-bond donors (Lipinski definition) is 2. The third-order valence-corrected chi connectivity index (χ3v) is 2.80. The predicted molar refractivity (Wildman–Crippen MR) is 76.1 cm³/mol. The molecule has 0 atom stereocenters. The number of halogens is 1. The average molecular weight is 274 g/mol. The number of carbonyl (C=O) groups is 1. The first-order valence-electron chi connectivity index (χ1n) is 6.06. The van der Waals surface area contributed by atoms with E-state index < -0.39 is 5.82 Å². The maximum absolute atomic E-state index is 13.0. The Labute approximate surface area is 116 Å². The molecule has 0 radical (unpaired) electrons. The van der Waals surface area contributed by atoms with Gasteiger partial charge in [0, 0.05) is 5.69 Å². The van der Waals surface area contributed by atoms with Gasteiger partial charge in [0.1, 0.15) is 11.6 Å². The van der Waals surface area contributed by atoms with Crippen molar-refractivity contribution in [3.63, 3.8) is 0 Å². The van der Waals surface area contributed by atoms with Crippen LogP contribution in [0.3, 0.4) is 0 Å². The minimum atomic E-state index is -0.502. The van der Waals surface area contributed by atoms with Gasteiger partial charge in [0.2, 0.25) is 5.91 Å². The molecule has 0 aliphatic heterocycles. The molecule has 20 heavy (non-hydrogen) atoms. The summed E-state index contributed by atoms with van der Waals surface area (Å²) in [5.74, 6) is 0.0415. The second-order valence-electron chi connectivity index (χ2n) is 4.31. The van der Waals surface area contributed by atoms with Crippen LogP contribution < -0.4 is 15.8 Å². The standard InChI is InChI=1S/C15H15FN2O2/c1-20-12-5-2-10(3-6-12)8-15(19)18-11-4-7-13(16)14(17)9-11/h2-7,9H,8,17H2,1H3,(H,18,19). The lowest BCUT2D eigenvalue weighted by atomic mass is 10.1. The van der Waals surface area contributed by atoms with Gasteiger partial charge < -0.3 is 15.8 Å². The predicted octanol–water partition coefficient (Wildman–Crippen LogP) is 2.60. The Kier molecular flexibility index (Phi) is 4.20. The number of anilines is 2. The van der Waals surface area contributed by atoms with E-state index in [9.17, 15) is 9.18 Å². The van der Waals surface area contributed by atoms with Crippen LogP contribution in [-0.2, 0) is 11.2 Å². The quantitative estimate of drug-likeness (QED) is 0.842. The summed E-state index contributed by atoms with van der Waals surface area (Å²) in [5.41, 5.74) is 6.78. The summed E-state index contributed by atoms with van der Waals surface area (Å²) in [5, 5.41) is 2.67. The smallest absolute Gasteiger partial charge is 0.228 e. The van der Waals surface area contributed by atoms with E-state index in [1.807, 2.05) is 12.1 Å². The fourth-order valence-corrected chi connectivity index (χ4v) is 1.76. The number of rotatable bonds is 4. The molecule has 0 aromatic heterocycles. The van der Waals surface area contributed by atoms with E-state index in [0.717, 1.165) is 11.3 Å². The molecule has 0 unspecified atom stereocenters. The molecule has 0 aliphatic rings. The molecule has 2 rings (SSSR count). The van der Waals surface area contributed by atoms with Gasteiger partial charge in [-0.25, -0.2) is 4.39 Å². The maximum atomic E-state index is 13.0. The summed E-state index contributed by atoms with van der Waals surface area (Å²) < 4.78 is 18.0. The second kappa shape index (κ2) is 6.06. The Morgan fingerprint density at radius 1 is 1.25 bits per heavy atom. The first kappa shape index (κ1) is 13.9. The van der Waals surface area contributed by atoms with Crippen molar-refractivity contribution in [2.24, 2.45) is 0 Å². The molecule has 0 heterocycles. The lowest BCUT2D eigenvalue weighted by Gasteiger charge is -2.07. The molecule has 104 valence electrons. The molecule has 0 aliphatic carbocycles. The van der Waals surface area contributed by atoms with Crippen molar-refractivity contribution in [1.82, 2.24) is 0 Å². The zero-order valence-electron chi connectivity index (χ0n) is 11.0. The van der Waals surface area contributed by atoms with Gasteiger partial charge in [-0.05, 0) is 35.9 Å². The molecule has 4 nitrogen and oxygen atoms in total. The Bertz CT molecular complexity index is 612. The summed E-state index contributed by atoms with van der Waals surface area (Å²) in [6.45, 7) is 0. The van der Waals surface area contributed by atoms with Crippen molar-refractivity contribution in [3.8, 4) is 5.75 Å². The van der Waals surface area contributed by atoms with E-state index in [1.54, 1.807) is 19.2 Å². The Morgan fingerprint density at radius 2 is 1.95 bits per heavy atom. The number of nitrogens with two attached hydrogens (primary N) is 1. The number of carbonyl (C=O) groups excluding carboxylic acids is 1. The molecular weight excluding hydrogens is 259 g/mol. The highest BCUT2D eigenvalue weighted by Gasteiger charge is 2.06. The third-order valence-electron chi connectivity index (χ3n) is 2.80. The van der Waals surface area contributed by atoms with Crippen LogP contribution in [0.5, 0.6) is 5.75 Å². The largest absolute Gasteiger partial charge is 0.497 e. The van der Waals surface area contributed by atoms with Gasteiger partial charge in [-0.15, -0.1) is 0 Å². The van der Waals surface area contributed by atoms with E-state index >= 15 is 0 Å². The first-order chi connectivity index (χ1) is 9.58. The number of nitrogens with one attached hydrogen (secondary N) is 1. The topological polar surface area (TPSA) is 64.3 Å². The summed E-state index contributed by atoms with van der Waals surface area (Å²) in [6, 6.07) is 11.3. The van der Waals surface area contributed by atoms with Gasteiger partial charge >= 0.3 is 0 Å². The highest BCUT2D eigenvalue weighted by atomic mass is 19.1. The van der Waals surface area contributed by atoms with E-state index in [4.69, 9.17) is 10.5 Å². The Balaban J connectivity index is 1.99. The molecule has 0 bridgehead atoms. The minimum Gasteiger partial charge on any atom is -0.497 e. The maximum Gasteiger partial charge on any atom is 0.228 e. The number of benzene rings is 2. The van der Waals surface area contributed by atoms with Gasteiger partial charge in [0.05, 0.1) is 19.2 Å². The van der Waals surface area contributed by atoms with Crippen LogP contribution in [-0.4, -0.2) is 13.0 Å². The van der Waals surface area contributed by atoms with Crippen molar-refractivity contribution in [3.05, 3.63) is 53.8 Å². The molecule has 0 fully saturated rings. The van der Waals surface area contributed by atoms with Crippen LogP contribution >= 0.6 is 0 Å². The van der Waals surface area contributed by atoms with Crippen molar-refractivity contribution < 1.29 is 13.9 Å². The summed E-state index contributed by atoms with van der Waals surface area (Å²) in [6.07, 6.45) is 0.223. The molecule has 3 N–H and O–H groups in total. The zero-order chi connectivity index (χ0) is 14.5. The molecule has 1 amide bonds. The normalized spacial score (nSPS) is 10.1. The SMILES string of the molecule is COc1ccc(CC(=O)Nc2ccc(F)c(N)c2)cc1. The lowest BCUT2D eigenvalue weighted by molar-refractivity contribution is -0.115. The van der Waals surface area contributed by atoms with Crippen LogP contribution in [0.25, 0.3) is 0 Å². The van der Waals surface area contributed by atoms with E-state index in [-0.39, 0.29) is 18.0 Å². The van der Waals surface area contributed by atoms with Crippen molar-refractivity contribution >= 4 is 17.3 Å². The highest BCUT2D eigenvalue weighted by molar-refractivity contribution is 5.92. The fraction of sp³-hybridized carbons (Fsp3) is 0.133. The Hall–Kier alpha value is -2.56. The third kappa shape index (κ3) is 3.47. The summed E-state index contributed by atoms with van der Waals surface area (Å²) in [4.78, 5) is 11.9. The minimum absolute atomic E-state index is 0.00671. The number of nitrogen functional groups attached to an aromatic ring is 1. The zero-order valence-corrected chi connectivity index (χ0v) is 11.0. The average Bonchev–Trinajstić information content (AvgIpc) is 2.44. The summed E-state index contributed by atoms with van der Waals surface area (Å²) in [7, 11) is 1.58. The number of ether oxygens (including phenoxy) is 1. The van der Waals surface area contributed by atoms with Gasteiger partial charge in [0.15, 0.2) is 0 Å². The van der Waals surface area contributed by atoms with E-state index in [1.165, 1.54) is 18.2 Å². The lowest BCUT2D eigenvalue weighted by Crippen LogP contribution is -2.14. The number of hydrogen-bond acceptors (Lipinski definition) is 3. The Morgan fingerprint density at radius 3 is 2.55 bits per heavy atom. The van der Waals surface area contributed by atoms with Crippen LogP contribution in [0.1, 0.15) is 5.56 Å². The molecule has 2 aromatic carbocycles. The van der Waals surface area contributed by atoms with Gasteiger partial charge in [-0.1, -0.05) is 12.1 Å². The summed E-state index contributed by atoms with van der Waals surface area (Å²) >= 11 is 0. The van der Waals surface area contributed by atoms with E-state index in [0.29, 0.717) is 5.69 Å². The van der Waals surface area contributed by atoms with Crippen LogP contribution in [0.15, 0.2) is 42.5 Å². The van der Waals surface area contributed by atoms with Crippen molar-refractivity contribution in [2.75, 3.05) is 18.2 Å². The highest BCUT2D eigenvalue weighted by Crippen LogP contribution is 2.17. The first-order valence-corrected chi connectivity index (χ1v) is 6.06. The number of amides is 1. The molecule has 0 saturated carbocycles. The monoisotopic (exact) mass is 274 g/mol. The second-order valence-corrected chi connectivity index (χ2v) is 4.31. The molecule has 0 spiro atoms. The molecule has 5 heteroatoms. The molecule has 0 saturated heterocycles.